The van der Waals surface area contributed by atoms with E-state index in [1.165, 1.54) is 0 Å². The quantitative estimate of drug-likeness (QED) is 0.643. The van der Waals surface area contributed by atoms with Crippen molar-refractivity contribution in [3.8, 4) is 6.07 Å². The Morgan fingerprint density at radius 3 is 2.93 bits per heavy atom. The minimum absolute atomic E-state index is 0.0763. The Bertz CT molecular complexity index is 433. The monoisotopic (exact) mass is 187 g/mol. The Kier molecular flexibility index (Phi) is 1.86. The molecule has 1 atom stereocenters. The summed E-state index contributed by atoms with van der Waals surface area (Å²) in [5.74, 6) is -0.0763. The molecule has 0 saturated carbocycles. The summed E-state index contributed by atoms with van der Waals surface area (Å²) in [7, 11) is 0. The Morgan fingerprint density at radius 2 is 2.21 bits per heavy atom. The number of rotatable bonds is 0. The van der Waals surface area contributed by atoms with E-state index in [1.807, 2.05) is 6.07 Å². The Hall–Kier alpha value is -2.02. The van der Waals surface area contributed by atoms with E-state index in [9.17, 15) is 4.79 Å². The normalized spacial score (nSPS) is 18.9. The van der Waals surface area contributed by atoms with Gasteiger partial charge < -0.3 is 10.6 Å². The predicted molar refractivity (Wildman–Crippen MR) is 52.9 cm³/mol. The minimum atomic E-state index is -0.226. The van der Waals surface area contributed by atoms with Gasteiger partial charge in [0.15, 0.2) is 0 Å². The fourth-order valence-electron chi connectivity index (χ4n) is 1.38. The summed E-state index contributed by atoms with van der Waals surface area (Å²) in [4.78, 5) is 11.3. The zero-order valence-electron chi connectivity index (χ0n) is 7.66. The molecular weight excluding hydrogens is 178 g/mol. The van der Waals surface area contributed by atoms with E-state index in [0.717, 1.165) is 5.69 Å². The third kappa shape index (κ3) is 1.29. The second kappa shape index (κ2) is 3.04. The highest BCUT2D eigenvalue weighted by Crippen LogP contribution is 2.27. The van der Waals surface area contributed by atoms with Gasteiger partial charge in [-0.25, -0.2) is 0 Å². The van der Waals surface area contributed by atoms with Crippen molar-refractivity contribution in [3.63, 3.8) is 0 Å². The fraction of sp³-hybridized carbons (Fsp3) is 0.200. The van der Waals surface area contributed by atoms with Gasteiger partial charge in [0.1, 0.15) is 6.04 Å². The molecule has 2 rings (SSSR count). The lowest BCUT2D eigenvalue weighted by Gasteiger charge is -2.23. The first kappa shape index (κ1) is 8.57. The van der Waals surface area contributed by atoms with Crippen LogP contribution in [0, 0.1) is 11.3 Å². The summed E-state index contributed by atoms with van der Waals surface area (Å²) in [6.07, 6.45) is 0. The number of nitrogens with one attached hydrogen (secondary N) is 2. The number of benzene rings is 1. The Labute approximate surface area is 81.5 Å². The molecule has 0 aromatic heterocycles. The first-order chi connectivity index (χ1) is 6.70. The van der Waals surface area contributed by atoms with Gasteiger partial charge in [-0.3, -0.25) is 4.79 Å². The van der Waals surface area contributed by atoms with Crippen LogP contribution in [0.1, 0.15) is 12.5 Å². The van der Waals surface area contributed by atoms with Crippen LogP contribution >= 0.6 is 0 Å². The van der Waals surface area contributed by atoms with E-state index in [1.54, 1.807) is 25.1 Å². The summed E-state index contributed by atoms with van der Waals surface area (Å²) in [6.45, 7) is 1.79. The lowest BCUT2D eigenvalue weighted by atomic mass is 10.1. The van der Waals surface area contributed by atoms with E-state index < -0.39 is 0 Å². The van der Waals surface area contributed by atoms with E-state index in [0.29, 0.717) is 11.3 Å². The number of nitrogens with zero attached hydrogens (tertiary/aromatic N) is 1. The molecule has 1 unspecified atom stereocenters. The Balaban J connectivity index is 2.44. The molecule has 4 nitrogen and oxygen atoms in total. The lowest BCUT2D eigenvalue weighted by Crippen LogP contribution is -2.36. The maximum absolute atomic E-state index is 11.3. The molecule has 0 spiro atoms. The summed E-state index contributed by atoms with van der Waals surface area (Å²) >= 11 is 0. The van der Waals surface area contributed by atoms with Crippen molar-refractivity contribution in [2.24, 2.45) is 0 Å². The van der Waals surface area contributed by atoms with Gasteiger partial charge in [0.05, 0.1) is 23.0 Å². The molecule has 70 valence electrons. The average molecular weight is 187 g/mol. The molecular formula is C10H9N3O. The molecule has 14 heavy (non-hydrogen) atoms. The Morgan fingerprint density at radius 1 is 1.43 bits per heavy atom. The molecule has 1 amide bonds. The molecule has 4 heteroatoms. The zero-order valence-corrected chi connectivity index (χ0v) is 7.66. The second-order valence-corrected chi connectivity index (χ2v) is 3.23. The van der Waals surface area contributed by atoms with Crippen LogP contribution in [-0.4, -0.2) is 11.9 Å². The first-order valence-electron chi connectivity index (χ1n) is 4.32. The second-order valence-electron chi connectivity index (χ2n) is 3.23. The molecule has 1 aromatic carbocycles. The van der Waals surface area contributed by atoms with Crippen molar-refractivity contribution < 1.29 is 4.79 Å². The van der Waals surface area contributed by atoms with Crippen molar-refractivity contribution >= 4 is 17.3 Å². The minimum Gasteiger partial charge on any atom is -0.372 e. The van der Waals surface area contributed by atoms with Crippen molar-refractivity contribution in [1.82, 2.24) is 0 Å². The standard InChI is InChI=1S/C10H9N3O/c1-6-10(14)13-9-4-7(5-11)2-3-8(9)12-6/h2-4,6,12H,1H3,(H,13,14). The molecule has 1 aliphatic rings. The van der Waals surface area contributed by atoms with Crippen LogP contribution in [0.15, 0.2) is 18.2 Å². The summed E-state index contributed by atoms with van der Waals surface area (Å²) in [5.41, 5.74) is 2.07. The topological polar surface area (TPSA) is 64.9 Å². The number of nitriles is 1. The number of hydrogen-bond acceptors (Lipinski definition) is 3. The SMILES string of the molecule is CC1Nc2ccc(C#N)cc2NC1=O. The van der Waals surface area contributed by atoms with Crippen LogP contribution in [0.5, 0.6) is 0 Å². The van der Waals surface area contributed by atoms with E-state index >= 15 is 0 Å². The number of hydrogen-bond donors (Lipinski definition) is 2. The van der Waals surface area contributed by atoms with E-state index in [-0.39, 0.29) is 11.9 Å². The molecule has 0 radical (unpaired) electrons. The highest BCUT2D eigenvalue weighted by molar-refractivity contribution is 6.02. The number of carbonyl (C=O) groups is 1. The molecule has 1 heterocycles. The first-order valence-corrected chi connectivity index (χ1v) is 4.32. The smallest absolute Gasteiger partial charge is 0.246 e. The van der Waals surface area contributed by atoms with Crippen molar-refractivity contribution in [2.45, 2.75) is 13.0 Å². The van der Waals surface area contributed by atoms with Gasteiger partial charge in [-0.1, -0.05) is 0 Å². The number of amides is 1. The molecule has 0 saturated heterocycles. The van der Waals surface area contributed by atoms with Gasteiger partial charge in [-0.15, -0.1) is 0 Å². The van der Waals surface area contributed by atoms with Gasteiger partial charge in [-0.2, -0.15) is 5.26 Å². The van der Waals surface area contributed by atoms with Crippen LogP contribution in [0.4, 0.5) is 11.4 Å². The lowest BCUT2D eigenvalue weighted by molar-refractivity contribution is -0.116. The van der Waals surface area contributed by atoms with Crippen LogP contribution in [0.25, 0.3) is 0 Å². The predicted octanol–water partition coefficient (Wildman–Crippen LogP) is 1.31. The average Bonchev–Trinajstić information content (AvgIpc) is 2.19. The summed E-state index contributed by atoms with van der Waals surface area (Å²) in [5, 5.41) is 14.4. The molecule has 1 aliphatic heterocycles. The van der Waals surface area contributed by atoms with Gasteiger partial charge in [-0.05, 0) is 25.1 Å². The fourth-order valence-corrected chi connectivity index (χ4v) is 1.38. The number of carbonyl (C=O) groups excluding carboxylic acids is 1. The van der Waals surface area contributed by atoms with Crippen molar-refractivity contribution in [3.05, 3.63) is 23.8 Å². The van der Waals surface area contributed by atoms with Gasteiger partial charge in [0.25, 0.3) is 0 Å². The van der Waals surface area contributed by atoms with E-state index in [4.69, 9.17) is 5.26 Å². The maximum atomic E-state index is 11.3. The van der Waals surface area contributed by atoms with Gasteiger partial charge in [0.2, 0.25) is 5.91 Å². The highest BCUT2D eigenvalue weighted by atomic mass is 16.2. The zero-order chi connectivity index (χ0) is 10.1. The van der Waals surface area contributed by atoms with Crippen LogP contribution in [-0.2, 0) is 4.79 Å². The maximum Gasteiger partial charge on any atom is 0.246 e. The third-order valence-corrected chi connectivity index (χ3v) is 2.17. The number of fused-ring (bicyclic) bond motifs is 1. The molecule has 0 bridgehead atoms. The molecule has 2 N–H and O–H groups in total. The van der Waals surface area contributed by atoms with E-state index in [2.05, 4.69) is 10.6 Å². The highest BCUT2D eigenvalue weighted by Gasteiger charge is 2.20. The van der Waals surface area contributed by atoms with Crippen molar-refractivity contribution in [1.29, 1.82) is 5.26 Å². The van der Waals surface area contributed by atoms with Gasteiger partial charge >= 0.3 is 0 Å². The van der Waals surface area contributed by atoms with Gasteiger partial charge in [0, 0.05) is 0 Å². The van der Waals surface area contributed by atoms with Crippen LogP contribution in [0.2, 0.25) is 0 Å². The summed E-state index contributed by atoms with van der Waals surface area (Å²) < 4.78 is 0. The van der Waals surface area contributed by atoms with Crippen LogP contribution in [0.3, 0.4) is 0 Å². The summed E-state index contributed by atoms with van der Waals surface area (Å²) in [6, 6.07) is 6.97. The molecule has 1 aromatic rings. The van der Waals surface area contributed by atoms with Crippen LogP contribution < -0.4 is 10.6 Å². The molecule has 0 aliphatic carbocycles. The third-order valence-electron chi connectivity index (χ3n) is 2.17. The van der Waals surface area contributed by atoms with Crippen molar-refractivity contribution in [2.75, 3.05) is 10.6 Å². The largest absolute Gasteiger partial charge is 0.372 e. The number of anilines is 2. The molecule has 0 fully saturated rings.